The molecule has 0 aromatic heterocycles. The minimum absolute atomic E-state index is 0.0673. The van der Waals surface area contributed by atoms with Crippen molar-refractivity contribution >= 4 is 17.5 Å². The zero-order valence-corrected chi connectivity index (χ0v) is 12.4. The van der Waals surface area contributed by atoms with E-state index < -0.39 is 11.7 Å². The van der Waals surface area contributed by atoms with Crippen LogP contribution in [0.1, 0.15) is 15.9 Å². The van der Waals surface area contributed by atoms with Crippen molar-refractivity contribution in [3.8, 4) is 0 Å². The van der Waals surface area contributed by atoms with E-state index in [0.29, 0.717) is 12.1 Å². The van der Waals surface area contributed by atoms with E-state index in [-0.39, 0.29) is 24.6 Å². The molecule has 0 spiro atoms. The van der Waals surface area contributed by atoms with Gasteiger partial charge in [0.05, 0.1) is 6.54 Å². The van der Waals surface area contributed by atoms with Crippen molar-refractivity contribution in [2.45, 2.75) is 6.42 Å². The third kappa shape index (κ3) is 5.19. The summed E-state index contributed by atoms with van der Waals surface area (Å²) in [6.45, 7) is -0.147. The molecule has 0 saturated carbocycles. The Morgan fingerprint density at radius 3 is 2.48 bits per heavy atom. The topological polar surface area (TPSA) is 78.4 Å². The second kappa shape index (κ2) is 8.05. The Morgan fingerprint density at radius 2 is 1.83 bits per heavy atom. The van der Waals surface area contributed by atoms with Crippen LogP contribution in [0.25, 0.3) is 0 Å². The highest BCUT2D eigenvalue weighted by Crippen LogP contribution is 2.09. The van der Waals surface area contributed by atoms with Crippen LogP contribution >= 0.6 is 0 Å². The van der Waals surface area contributed by atoms with Gasteiger partial charge in [0.15, 0.2) is 0 Å². The highest BCUT2D eigenvalue weighted by Gasteiger charge is 2.09. The van der Waals surface area contributed by atoms with Gasteiger partial charge < -0.3 is 15.7 Å². The fourth-order valence-electron chi connectivity index (χ4n) is 1.98. The molecule has 120 valence electrons. The molecular weight excluding hydrogens is 299 g/mol. The molecule has 0 aliphatic rings. The SMILES string of the molecule is O=C(CNC(=O)c1cccc(F)c1)Nc1ccc(CCO)cc1. The maximum Gasteiger partial charge on any atom is 0.251 e. The van der Waals surface area contributed by atoms with Crippen molar-refractivity contribution < 1.29 is 19.1 Å². The molecule has 0 heterocycles. The molecule has 0 unspecified atom stereocenters. The van der Waals surface area contributed by atoms with Gasteiger partial charge in [-0.3, -0.25) is 9.59 Å². The maximum atomic E-state index is 13.0. The van der Waals surface area contributed by atoms with Gasteiger partial charge in [-0.1, -0.05) is 18.2 Å². The molecule has 0 bridgehead atoms. The number of rotatable bonds is 6. The third-order valence-electron chi connectivity index (χ3n) is 3.13. The molecule has 6 heteroatoms. The number of benzene rings is 2. The molecule has 5 nitrogen and oxygen atoms in total. The van der Waals surface area contributed by atoms with Crippen molar-refractivity contribution in [3.05, 3.63) is 65.5 Å². The minimum atomic E-state index is -0.516. The molecular formula is C17H17FN2O3. The number of carbonyl (C=O) groups excluding carboxylic acids is 2. The Labute approximate surface area is 133 Å². The summed E-state index contributed by atoms with van der Waals surface area (Å²) in [5, 5.41) is 13.9. The Bertz CT molecular complexity index is 686. The van der Waals surface area contributed by atoms with Crippen LogP contribution < -0.4 is 10.6 Å². The van der Waals surface area contributed by atoms with Gasteiger partial charge in [-0.05, 0) is 42.3 Å². The van der Waals surface area contributed by atoms with E-state index in [1.54, 1.807) is 24.3 Å². The fourth-order valence-corrected chi connectivity index (χ4v) is 1.98. The van der Waals surface area contributed by atoms with Crippen LogP contribution in [0.5, 0.6) is 0 Å². The first kappa shape index (κ1) is 16.6. The number of hydrogen-bond donors (Lipinski definition) is 3. The van der Waals surface area contributed by atoms with Gasteiger partial charge in [0, 0.05) is 17.9 Å². The fraction of sp³-hybridized carbons (Fsp3) is 0.176. The zero-order valence-electron chi connectivity index (χ0n) is 12.4. The lowest BCUT2D eigenvalue weighted by Gasteiger charge is -2.08. The van der Waals surface area contributed by atoms with Crippen molar-refractivity contribution in [1.82, 2.24) is 5.32 Å². The van der Waals surface area contributed by atoms with E-state index in [0.717, 1.165) is 11.6 Å². The van der Waals surface area contributed by atoms with Gasteiger partial charge in [-0.15, -0.1) is 0 Å². The molecule has 2 aromatic carbocycles. The van der Waals surface area contributed by atoms with Gasteiger partial charge in [-0.2, -0.15) is 0 Å². The van der Waals surface area contributed by atoms with E-state index in [4.69, 9.17) is 5.11 Å². The number of carbonyl (C=O) groups is 2. The van der Waals surface area contributed by atoms with Gasteiger partial charge in [-0.25, -0.2) is 4.39 Å². The summed E-state index contributed by atoms with van der Waals surface area (Å²) in [7, 11) is 0. The van der Waals surface area contributed by atoms with E-state index in [1.165, 1.54) is 18.2 Å². The number of halogens is 1. The Hall–Kier alpha value is -2.73. The van der Waals surface area contributed by atoms with E-state index >= 15 is 0 Å². The van der Waals surface area contributed by atoms with Crippen molar-refractivity contribution in [2.75, 3.05) is 18.5 Å². The van der Waals surface area contributed by atoms with Crippen LogP contribution in [0.3, 0.4) is 0 Å². The van der Waals surface area contributed by atoms with Crippen LogP contribution in [-0.2, 0) is 11.2 Å². The standard InChI is InChI=1S/C17H17FN2O3/c18-14-3-1-2-13(10-14)17(23)19-11-16(22)20-15-6-4-12(5-7-15)8-9-21/h1-7,10,21H,8-9,11H2,(H,19,23)(H,20,22). The molecule has 2 amide bonds. The molecule has 0 fully saturated rings. The lowest BCUT2D eigenvalue weighted by molar-refractivity contribution is -0.115. The largest absolute Gasteiger partial charge is 0.396 e. The van der Waals surface area contributed by atoms with Crippen molar-refractivity contribution in [1.29, 1.82) is 0 Å². The molecule has 0 radical (unpaired) electrons. The molecule has 23 heavy (non-hydrogen) atoms. The quantitative estimate of drug-likeness (QED) is 0.759. The average Bonchev–Trinajstić information content (AvgIpc) is 2.55. The highest BCUT2D eigenvalue weighted by molar-refractivity contribution is 5.99. The van der Waals surface area contributed by atoms with Crippen LogP contribution in [0.2, 0.25) is 0 Å². The van der Waals surface area contributed by atoms with E-state index in [9.17, 15) is 14.0 Å². The highest BCUT2D eigenvalue weighted by atomic mass is 19.1. The number of aliphatic hydroxyl groups excluding tert-OH is 1. The van der Waals surface area contributed by atoms with Crippen LogP contribution in [0, 0.1) is 5.82 Å². The molecule has 0 saturated heterocycles. The Morgan fingerprint density at radius 1 is 1.09 bits per heavy atom. The Kier molecular flexibility index (Phi) is 5.82. The van der Waals surface area contributed by atoms with Gasteiger partial charge in [0.25, 0.3) is 5.91 Å². The predicted molar refractivity (Wildman–Crippen MR) is 84.6 cm³/mol. The predicted octanol–water partition coefficient (Wildman–Crippen LogP) is 1.73. The number of nitrogens with one attached hydrogen (secondary N) is 2. The van der Waals surface area contributed by atoms with E-state index in [2.05, 4.69) is 10.6 Å². The third-order valence-corrected chi connectivity index (χ3v) is 3.13. The summed E-state index contributed by atoms with van der Waals surface area (Å²) in [5.74, 6) is -1.41. The summed E-state index contributed by atoms with van der Waals surface area (Å²) in [5.41, 5.74) is 1.72. The molecule has 3 N–H and O–H groups in total. The van der Waals surface area contributed by atoms with Crippen LogP contribution in [0.4, 0.5) is 10.1 Å². The van der Waals surface area contributed by atoms with Gasteiger partial charge in [0.1, 0.15) is 5.82 Å². The van der Waals surface area contributed by atoms with Gasteiger partial charge in [0.2, 0.25) is 5.91 Å². The van der Waals surface area contributed by atoms with Crippen molar-refractivity contribution in [2.24, 2.45) is 0 Å². The second-order valence-corrected chi connectivity index (χ2v) is 4.91. The van der Waals surface area contributed by atoms with E-state index in [1.807, 2.05) is 0 Å². The maximum absolute atomic E-state index is 13.0. The molecule has 2 rings (SSSR count). The molecule has 0 aliphatic heterocycles. The van der Waals surface area contributed by atoms with Gasteiger partial charge >= 0.3 is 0 Å². The summed E-state index contributed by atoms with van der Waals surface area (Å²) in [6, 6.07) is 12.3. The molecule has 0 atom stereocenters. The summed E-state index contributed by atoms with van der Waals surface area (Å²) in [6.07, 6.45) is 0.553. The second-order valence-electron chi connectivity index (χ2n) is 4.91. The zero-order chi connectivity index (χ0) is 16.7. The van der Waals surface area contributed by atoms with Crippen molar-refractivity contribution in [3.63, 3.8) is 0 Å². The number of amides is 2. The number of aliphatic hydroxyl groups is 1. The first-order valence-electron chi connectivity index (χ1n) is 7.12. The summed E-state index contributed by atoms with van der Waals surface area (Å²) >= 11 is 0. The normalized spacial score (nSPS) is 10.2. The monoisotopic (exact) mass is 316 g/mol. The smallest absolute Gasteiger partial charge is 0.251 e. The minimum Gasteiger partial charge on any atom is -0.396 e. The number of anilines is 1. The number of hydrogen-bond acceptors (Lipinski definition) is 3. The van der Waals surface area contributed by atoms with Crippen LogP contribution in [-0.4, -0.2) is 30.1 Å². The lowest BCUT2D eigenvalue weighted by atomic mass is 10.1. The summed E-state index contributed by atoms with van der Waals surface area (Å²) < 4.78 is 13.0. The Balaban J connectivity index is 1.84. The first-order valence-corrected chi connectivity index (χ1v) is 7.12. The van der Waals surface area contributed by atoms with Crippen LogP contribution in [0.15, 0.2) is 48.5 Å². The lowest BCUT2D eigenvalue weighted by Crippen LogP contribution is -2.32. The molecule has 0 aliphatic carbocycles. The molecule has 2 aromatic rings. The first-order chi connectivity index (χ1) is 11.1. The summed E-state index contributed by atoms with van der Waals surface area (Å²) in [4.78, 5) is 23.6. The average molecular weight is 316 g/mol.